The Morgan fingerprint density at radius 1 is 0.935 bits per heavy atom. The molecule has 0 bridgehead atoms. The van der Waals surface area contributed by atoms with Crippen molar-refractivity contribution in [2.24, 2.45) is 0 Å². The van der Waals surface area contributed by atoms with E-state index in [0.29, 0.717) is 6.29 Å². The highest BCUT2D eigenvalue weighted by molar-refractivity contribution is 5.67. The average molecular weight is 429 g/mol. The van der Waals surface area contributed by atoms with Crippen molar-refractivity contribution in [2.75, 3.05) is 14.2 Å². The van der Waals surface area contributed by atoms with Gasteiger partial charge in [-0.2, -0.15) is 0 Å². The van der Waals surface area contributed by atoms with E-state index in [2.05, 4.69) is 5.32 Å². The molecule has 2 aromatic carbocycles. The molecule has 8 nitrogen and oxygen atoms in total. The van der Waals surface area contributed by atoms with Gasteiger partial charge >= 0.3 is 6.09 Å². The van der Waals surface area contributed by atoms with Crippen molar-refractivity contribution < 1.29 is 33.3 Å². The Bertz CT molecular complexity index is 817. The molecule has 166 valence electrons. The SMILES string of the molecule is COC(=O)N[C@H]1[C@@H](OC)O[C@H](C=O)[C@@H](OCc2ccccc2)[C@@H]1OCc1ccccc1. The van der Waals surface area contributed by atoms with Crippen molar-refractivity contribution in [1.82, 2.24) is 5.32 Å². The molecule has 1 saturated heterocycles. The molecule has 1 amide bonds. The van der Waals surface area contributed by atoms with Crippen molar-refractivity contribution in [2.45, 2.75) is 43.9 Å². The number of hydrogen-bond acceptors (Lipinski definition) is 7. The first-order valence-electron chi connectivity index (χ1n) is 9.95. The largest absolute Gasteiger partial charge is 0.453 e. The van der Waals surface area contributed by atoms with Crippen molar-refractivity contribution in [3.63, 3.8) is 0 Å². The summed E-state index contributed by atoms with van der Waals surface area (Å²) in [4.78, 5) is 23.8. The molecular formula is C23H27NO7. The maximum atomic E-state index is 12.0. The second-order valence-corrected chi connectivity index (χ2v) is 7.03. The van der Waals surface area contributed by atoms with Gasteiger partial charge in [0, 0.05) is 7.11 Å². The summed E-state index contributed by atoms with van der Waals surface area (Å²) in [6.07, 6.45) is -3.39. The average Bonchev–Trinajstić information content (AvgIpc) is 2.83. The standard InChI is InChI=1S/C23H27NO7/c1-27-22-19(24-23(26)28-2)21(30-15-17-11-7-4-8-12-17)20(18(13-25)31-22)29-14-16-9-5-3-6-10-16/h3-13,18-22H,14-15H2,1-2H3,(H,24,26)/t18-,19-,20-,21-,22+/m1/s1. The van der Waals surface area contributed by atoms with Gasteiger partial charge in [-0.15, -0.1) is 0 Å². The monoisotopic (exact) mass is 429 g/mol. The Hall–Kier alpha value is -2.78. The minimum absolute atomic E-state index is 0.243. The quantitative estimate of drug-likeness (QED) is 0.612. The van der Waals surface area contributed by atoms with Crippen molar-refractivity contribution in [3.05, 3.63) is 71.8 Å². The van der Waals surface area contributed by atoms with E-state index in [0.717, 1.165) is 11.1 Å². The number of ether oxygens (including phenoxy) is 5. The number of amides is 1. The van der Waals surface area contributed by atoms with Crippen LogP contribution >= 0.6 is 0 Å². The van der Waals surface area contributed by atoms with E-state index in [-0.39, 0.29) is 13.2 Å². The maximum Gasteiger partial charge on any atom is 0.407 e. The Balaban J connectivity index is 1.85. The summed E-state index contributed by atoms with van der Waals surface area (Å²) in [7, 11) is 2.69. The van der Waals surface area contributed by atoms with Crippen LogP contribution in [0.25, 0.3) is 0 Å². The zero-order valence-electron chi connectivity index (χ0n) is 17.5. The second-order valence-electron chi connectivity index (χ2n) is 7.03. The highest BCUT2D eigenvalue weighted by Crippen LogP contribution is 2.27. The van der Waals surface area contributed by atoms with Crippen molar-refractivity contribution in [1.29, 1.82) is 0 Å². The Morgan fingerprint density at radius 2 is 1.48 bits per heavy atom. The summed E-state index contributed by atoms with van der Waals surface area (Å²) in [6.45, 7) is 0.491. The number of hydrogen-bond donors (Lipinski definition) is 1. The third-order valence-corrected chi connectivity index (χ3v) is 4.99. The van der Waals surface area contributed by atoms with Gasteiger partial charge in [0.1, 0.15) is 24.4 Å². The topological polar surface area (TPSA) is 92.3 Å². The summed E-state index contributed by atoms with van der Waals surface area (Å²) in [6, 6.07) is 18.4. The van der Waals surface area contributed by atoms with Gasteiger partial charge in [-0.25, -0.2) is 4.79 Å². The van der Waals surface area contributed by atoms with Crippen molar-refractivity contribution >= 4 is 12.4 Å². The molecule has 31 heavy (non-hydrogen) atoms. The molecule has 1 aliphatic heterocycles. The smallest absolute Gasteiger partial charge is 0.407 e. The first-order chi connectivity index (χ1) is 15.2. The van der Waals surface area contributed by atoms with Gasteiger partial charge in [0.15, 0.2) is 12.6 Å². The molecule has 0 unspecified atom stereocenters. The number of benzene rings is 2. The first-order valence-corrected chi connectivity index (χ1v) is 9.95. The lowest BCUT2D eigenvalue weighted by atomic mass is 9.96. The van der Waals surface area contributed by atoms with Crippen LogP contribution in [0.5, 0.6) is 0 Å². The minimum Gasteiger partial charge on any atom is -0.453 e. The van der Waals surface area contributed by atoms with Crippen LogP contribution < -0.4 is 5.32 Å². The molecule has 0 aromatic heterocycles. The molecule has 1 aliphatic rings. The summed E-state index contributed by atoms with van der Waals surface area (Å²) in [5.74, 6) is 0. The molecule has 0 spiro atoms. The number of nitrogens with one attached hydrogen (secondary N) is 1. The van der Waals surface area contributed by atoms with Crippen LogP contribution in [0.2, 0.25) is 0 Å². The van der Waals surface area contributed by atoms with E-state index >= 15 is 0 Å². The lowest BCUT2D eigenvalue weighted by Crippen LogP contribution is -2.65. The van der Waals surface area contributed by atoms with Gasteiger partial charge in [0.05, 0.1) is 20.3 Å². The summed E-state index contributed by atoms with van der Waals surface area (Å²) in [5, 5.41) is 2.70. The van der Waals surface area contributed by atoms with E-state index < -0.39 is 36.7 Å². The normalized spacial score (nSPS) is 25.5. The van der Waals surface area contributed by atoms with E-state index in [9.17, 15) is 9.59 Å². The number of carbonyl (C=O) groups excluding carboxylic acids is 2. The number of alkyl carbamates (subject to hydrolysis) is 1. The van der Waals surface area contributed by atoms with Gasteiger partial charge in [0.2, 0.25) is 0 Å². The van der Waals surface area contributed by atoms with Crippen LogP contribution in [0.1, 0.15) is 11.1 Å². The lowest BCUT2D eigenvalue weighted by Gasteiger charge is -2.44. The number of rotatable bonds is 9. The first kappa shape index (κ1) is 22.9. The Labute approximate surface area is 181 Å². The van der Waals surface area contributed by atoms with E-state index in [1.54, 1.807) is 0 Å². The third kappa shape index (κ3) is 6.11. The number of carbonyl (C=O) groups is 2. The van der Waals surface area contributed by atoms with Crippen LogP contribution in [0, 0.1) is 0 Å². The van der Waals surface area contributed by atoms with Crippen LogP contribution in [0.4, 0.5) is 4.79 Å². The van der Waals surface area contributed by atoms with E-state index in [1.165, 1.54) is 14.2 Å². The minimum atomic E-state index is -0.940. The van der Waals surface area contributed by atoms with Gasteiger partial charge in [-0.1, -0.05) is 60.7 Å². The fourth-order valence-electron chi connectivity index (χ4n) is 3.44. The Kier molecular flexibility index (Phi) is 8.54. The zero-order chi connectivity index (χ0) is 22.1. The third-order valence-electron chi connectivity index (χ3n) is 4.99. The maximum absolute atomic E-state index is 12.0. The predicted octanol–water partition coefficient (Wildman–Crippen LogP) is 2.45. The molecule has 8 heteroatoms. The van der Waals surface area contributed by atoms with Crippen molar-refractivity contribution in [3.8, 4) is 0 Å². The lowest BCUT2D eigenvalue weighted by molar-refractivity contribution is -0.266. The Morgan fingerprint density at radius 3 is 1.97 bits per heavy atom. The summed E-state index contributed by atoms with van der Waals surface area (Å²) in [5.41, 5.74) is 1.87. The summed E-state index contributed by atoms with van der Waals surface area (Å²) >= 11 is 0. The van der Waals surface area contributed by atoms with Gasteiger partial charge in [-0.05, 0) is 11.1 Å². The predicted molar refractivity (Wildman–Crippen MR) is 111 cm³/mol. The molecule has 1 N–H and O–H groups in total. The van der Waals surface area contributed by atoms with Gasteiger partial charge in [0.25, 0.3) is 0 Å². The molecule has 0 radical (unpaired) electrons. The highest BCUT2D eigenvalue weighted by atomic mass is 16.7. The van der Waals surface area contributed by atoms with E-state index in [4.69, 9.17) is 23.7 Å². The molecule has 1 heterocycles. The van der Waals surface area contributed by atoms with Crippen LogP contribution in [-0.4, -0.2) is 57.2 Å². The van der Waals surface area contributed by atoms with Crippen LogP contribution in [-0.2, 0) is 41.7 Å². The van der Waals surface area contributed by atoms with Gasteiger partial charge < -0.3 is 33.8 Å². The van der Waals surface area contributed by atoms with Crippen LogP contribution in [0.3, 0.4) is 0 Å². The molecule has 3 rings (SSSR count). The molecule has 0 aliphatic carbocycles. The summed E-state index contributed by atoms with van der Waals surface area (Å²) < 4.78 is 28.2. The molecule has 2 aromatic rings. The van der Waals surface area contributed by atoms with E-state index in [1.807, 2.05) is 60.7 Å². The van der Waals surface area contributed by atoms with Gasteiger partial charge in [-0.3, -0.25) is 0 Å². The zero-order valence-corrected chi connectivity index (χ0v) is 17.5. The van der Waals surface area contributed by atoms with Crippen LogP contribution in [0.15, 0.2) is 60.7 Å². The number of aldehydes is 1. The number of methoxy groups -OCH3 is 2. The fourth-order valence-corrected chi connectivity index (χ4v) is 3.44. The second kappa shape index (κ2) is 11.6. The molecule has 0 saturated carbocycles. The molecule has 1 fully saturated rings. The highest BCUT2D eigenvalue weighted by Gasteiger charge is 2.48. The fraction of sp³-hybridized carbons (Fsp3) is 0.391. The molecule has 5 atom stereocenters. The molecular weight excluding hydrogens is 402 g/mol.